The minimum atomic E-state index is -0.575. The lowest BCUT2D eigenvalue weighted by molar-refractivity contribution is -0.123. The minimum Gasteiger partial charge on any atom is -0.389 e. The molecular formula is C18H33N3O3. The molecule has 0 radical (unpaired) electrons. The topological polar surface area (TPSA) is 79.0 Å². The van der Waals surface area contributed by atoms with Crippen molar-refractivity contribution in [2.75, 3.05) is 45.9 Å². The van der Waals surface area contributed by atoms with Crippen molar-refractivity contribution in [1.82, 2.24) is 9.80 Å². The predicted molar refractivity (Wildman–Crippen MR) is 92.6 cm³/mol. The van der Waals surface area contributed by atoms with Crippen molar-refractivity contribution >= 4 is 5.91 Å². The summed E-state index contributed by atoms with van der Waals surface area (Å²) in [6.45, 7) is 5.58. The molecule has 3 N–H and O–H groups in total. The highest BCUT2D eigenvalue weighted by molar-refractivity contribution is 5.77. The van der Waals surface area contributed by atoms with Crippen LogP contribution in [0.25, 0.3) is 0 Å². The molecule has 2 aliphatic heterocycles. The highest BCUT2D eigenvalue weighted by Crippen LogP contribution is 2.29. The van der Waals surface area contributed by atoms with Crippen LogP contribution < -0.4 is 5.73 Å². The van der Waals surface area contributed by atoms with Crippen molar-refractivity contribution in [3.05, 3.63) is 0 Å². The lowest BCUT2D eigenvalue weighted by atomic mass is 9.84. The van der Waals surface area contributed by atoms with Crippen LogP contribution in [-0.2, 0) is 9.53 Å². The Kier molecular flexibility index (Phi) is 6.13. The predicted octanol–water partition coefficient (Wildman–Crippen LogP) is 0.580. The number of aliphatic hydroxyl groups is 1. The van der Waals surface area contributed by atoms with E-state index in [4.69, 9.17) is 10.5 Å². The van der Waals surface area contributed by atoms with Crippen LogP contribution in [0.2, 0.25) is 0 Å². The van der Waals surface area contributed by atoms with Gasteiger partial charge in [-0.05, 0) is 25.7 Å². The van der Waals surface area contributed by atoms with Crippen LogP contribution in [0.3, 0.4) is 0 Å². The third-order valence-corrected chi connectivity index (χ3v) is 6.05. The summed E-state index contributed by atoms with van der Waals surface area (Å²) in [5.74, 6) is -0.364. The number of nitrogens with zero attached hydrogens (tertiary/aromatic N) is 2. The molecule has 3 aliphatic rings. The Balaban J connectivity index is 1.63. The van der Waals surface area contributed by atoms with Gasteiger partial charge in [0.05, 0.1) is 11.5 Å². The maximum Gasteiger partial charge on any atom is 0.223 e. The molecule has 1 unspecified atom stereocenters. The quantitative estimate of drug-likeness (QED) is 0.783. The Morgan fingerprint density at radius 2 is 1.83 bits per heavy atom. The minimum absolute atomic E-state index is 0.150. The Morgan fingerprint density at radius 3 is 2.50 bits per heavy atom. The zero-order valence-corrected chi connectivity index (χ0v) is 14.8. The number of amides is 1. The molecule has 0 aromatic rings. The van der Waals surface area contributed by atoms with Crippen molar-refractivity contribution in [2.45, 2.75) is 56.6 Å². The van der Waals surface area contributed by atoms with E-state index in [2.05, 4.69) is 9.80 Å². The molecule has 2 heterocycles. The van der Waals surface area contributed by atoms with Crippen molar-refractivity contribution < 1.29 is 14.6 Å². The van der Waals surface area contributed by atoms with E-state index in [1.165, 1.54) is 6.42 Å². The van der Waals surface area contributed by atoms with Crippen LogP contribution in [0.5, 0.6) is 0 Å². The summed E-state index contributed by atoms with van der Waals surface area (Å²) in [7, 11) is 0. The number of β-amino-alcohol motifs (C(OH)–C–C–N with tert-alkyl or cyclic N) is 1. The first-order valence-corrected chi connectivity index (χ1v) is 9.62. The van der Waals surface area contributed by atoms with Gasteiger partial charge >= 0.3 is 0 Å². The molecule has 1 amide bonds. The number of hydrogen-bond acceptors (Lipinski definition) is 5. The van der Waals surface area contributed by atoms with Crippen LogP contribution in [-0.4, -0.2) is 78.4 Å². The third kappa shape index (κ3) is 4.69. The van der Waals surface area contributed by atoms with E-state index in [0.717, 1.165) is 71.4 Å². The number of primary amides is 1. The van der Waals surface area contributed by atoms with Gasteiger partial charge in [0.2, 0.25) is 5.91 Å². The van der Waals surface area contributed by atoms with E-state index < -0.39 is 5.60 Å². The van der Waals surface area contributed by atoms with Gasteiger partial charge < -0.3 is 15.6 Å². The average molecular weight is 339 g/mol. The van der Waals surface area contributed by atoms with Gasteiger partial charge in [-0.15, -0.1) is 0 Å². The maximum absolute atomic E-state index is 11.9. The van der Waals surface area contributed by atoms with Gasteiger partial charge in [-0.1, -0.05) is 19.3 Å². The van der Waals surface area contributed by atoms with E-state index in [1.807, 2.05) is 0 Å². The molecule has 0 spiro atoms. The third-order valence-electron chi connectivity index (χ3n) is 6.05. The van der Waals surface area contributed by atoms with Gasteiger partial charge in [0.1, 0.15) is 0 Å². The van der Waals surface area contributed by atoms with E-state index in [9.17, 15) is 9.90 Å². The molecule has 2 saturated heterocycles. The van der Waals surface area contributed by atoms with E-state index >= 15 is 0 Å². The lowest BCUT2D eigenvalue weighted by Crippen LogP contribution is -2.47. The number of nitrogens with two attached hydrogens (primary N) is 1. The molecule has 1 aliphatic carbocycles. The fraction of sp³-hybridized carbons (Fsp3) is 0.944. The van der Waals surface area contributed by atoms with E-state index in [1.54, 1.807) is 0 Å². The van der Waals surface area contributed by atoms with Crippen LogP contribution in [0.1, 0.15) is 44.9 Å². The highest BCUT2D eigenvalue weighted by atomic mass is 16.5. The Bertz CT molecular complexity index is 420. The molecule has 0 aromatic heterocycles. The second-order valence-electron chi connectivity index (χ2n) is 7.96. The second-order valence-corrected chi connectivity index (χ2v) is 7.96. The molecule has 3 fully saturated rings. The monoisotopic (exact) mass is 339 g/mol. The smallest absolute Gasteiger partial charge is 0.223 e. The summed E-state index contributed by atoms with van der Waals surface area (Å²) in [6.07, 6.45) is 7.28. The molecule has 6 heteroatoms. The van der Waals surface area contributed by atoms with Crippen LogP contribution in [0.4, 0.5) is 0 Å². The molecule has 6 nitrogen and oxygen atoms in total. The SMILES string of the molecule is NC(=O)C1CN(CC2(O)CCCCC2)CCN(C2CCOCC2)C1. The first-order valence-electron chi connectivity index (χ1n) is 9.62. The summed E-state index contributed by atoms with van der Waals surface area (Å²) in [4.78, 5) is 16.6. The summed E-state index contributed by atoms with van der Waals surface area (Å²) in [5.41, 5.74) is 5.10. The zero-order chi connectivity index (χ0) is 17.0. The van der Waals surface area contributed by atoms with Crippen molar-refractivity contribution in [1.29, 1.82) is 0 Å². The van der Waals surface area contributed by atoms with Gasteiger partial charge in [0.15, 0.2) is 0 Å². The summed E-state index contributed by atoms with van der Waals surface area (Å²) in [5, 5.41) is 10.9. The Labute approximate surface area is 145 Å². The van der Waals surface area contributed by atoms with Gasteiger partial charge in [-0.2, -0.15) is 0 Å². The van der Waals surface area contributed by atoms with Crippen molar-refractivity contribution in [2.24, 2.45) is 11.7 Å². The van der Waals surface area contributed by atoms with Crippen LogP contribution in [0, 0.1) is 5.92 Å². The van der Waals surface area contributed by atoms with Gasteiger partial charge in [0, 0.05) is 52.0 Å². The first kappa shape index (κ1) is 18.1. The number of carbonyl (C=O) groups is 1. The van der Waals surface area contributed by atoms with Crippen LogP contribution >= 0.6 is 0 Å². The largest absolute Gasteiger partial charge is 0.389 e. The molecule has 0 bridgehead atoms. The Morgan fingerprint density at radius 1 is 1.12 bits per heavy atom. The summed E-state index contributed by atoms with van der Waals surface area (Å²) >= 11 is 0. The number of rotatable bonds is 4. The van der Waals surface area contributed by atoms with Crippen molar-refractivity contribution in [3.8, 4) is 0 Å². The molecule has 0 aromatic carbocycles. The molecular weight excluding hydrogens is 306 g/mol. The van der Waals surface area contributed by atoms with Crippen molar-refractivity contribution in [3.63, 3.8) is 0 Å². The number of carbonyl (C=O) groups excluding carboxylic acids is 1. The number of ether oxygens (including phenoxy) is 1. The molecule has 1 atom stereocenters. The van der Waals surface area contributed by atoms with E-state index in [-0.39, 0.29) is 11.8 Å². The fourth-order valence-corrected chi connectivity index (χ4v) is 4.59. The summed E-state index contributed by atoms with van der Waals surface area (Å²) in [6, 6.07) is 0.498. The molecule has 3 rings (SSSR count). The molecule has 138 valence electrons. The maximum atomic E-state index is 11.9. The molecule has 24 heavy (non-hydrogen) atoms. The van der Waals surface area contributed by atoms with E-state index in [0.29, 0.717) is 19.1 Å². The first-order chi connectivity index (χ1) is 11.6. The average Bonchev–Trinajstić information content (AvgIpc) is 2.79. The number of hydrogen-bond donors (Lipinski definition) is 2. The second kappa shape index (κ2) is 8.13. The summed E-state index contributed by atoms with van der Waals surface area (Å²) < 4.78 is 5.47. The fourth-order valence-electron chi connectivity index (χ4n) is 4.59. The van der Waals surface area contributed by atoms with Gasteiger partial charge in [0.25, 0.3) is 0 Å². The van der Waals surface area contributed by atoms with Gasteiger partial charge in [-0.3, -0.25) is 14.6 Å². The van der Waals surface area contributed by atoms with Gasteiger partial charge in [-0.25, -0.2) is 0 Å². The highest BCUT2D eigenvalue weighted by Gasteiger charge is 2.35. The zero-order valence-electron chi connectivity index (χ0n) is 14.8. The Hall–Kier alpha value is -0.690. The lowest BCUT2D eigenvalue weighted by Gasteiger charge is -2.37. The molecule has 1 saturated carbocycles. The van der Waals surface area contributed by atoms with Crippen LogP contribution in [0.15, 0.2) is 0 Å². The standard InChI is InChI=1S/C18H33N3O3/c19-17(22)15-12-20(14-18(23)6-2-1-3-7-18)8-9-21(13-15)16-4-10-24-11-5-16/h15-16,23H,1-14H2,(H2,19,22). The normalized spacial score (nSPS) is 30.8.